The van der Waals surface area contributed by atoms with E-state index < -0.39 is 12.2 Å². The van der Waals surface area contributed by atoms with Crippen molar-refractivity contribution in [1.29, 1.82) is 0 Å². The summed E-state index contributed by atoms with van der Waals surface area (Å²) >= 11 is 0. The molecule has 0 aromatic heterocycles. The van der Waals surface area contributed by atoms with Gasteiger partial charge in [-0.25, -0.2) is 4.79 Å². The number of carbonyl (C=O) groups is 1. The molecule has 0 fully saturated rings. The number of hydrogen-bond donors (Lipinski definition) is 4. The van der Waals surface area contributed by atoms with Gasteiger partial charge in [0.1, 0.15) is 0 Å². The molecule has 2 rings (SSSR count). The van der Waals surface area contributed by atoms with Gasteiger partial charge in [-0.15, -0.1) is 0 Å². The fourth-order valence-electron chi connectivity index (χ4n) is 2.24. The van der Waals surface area contributed by atoms with Crippen LogP contribution in [-0.2, 0) is 6.42 Å². The van der Waals surface area contributed by atoms with Crippen molar-refractivity contribution in [2.45, 2.75) is 19.1 Å². The van der Waals surface area contributed by atoms with Crippen LogP contribution < -0.4 is 11.1 Å². The summed E-state index contributed by atoms with van der Waals surface area (Å²) in [5, 5.41) is 22.3. The number of aliphatic hydroxyl groups excluding tert-OH is 1. The van der Waals surface area contributed by atoms with Crippen molar-refractivity contribution in [3.8, 4) is 0 Å². The Balaban J connectivity index is 2.09. The SMILES string of the molecule is NCCCc1ccc(NC(O)c2ccccc2C(=O)O)cc1. The van der Waals surface area contributed by atoms with Crippen molar-refractivity contribution in [3.63, 3.8) is 0 Å². The molecule has 0 spiro atoms. The lowest BCUT2D eigenvalue weighted by Crippen LogP contribution is -2.14. The van der Waals surface area contributed by atoms with Crippen LogP contribution in [0.1, 0.15) is 34.1 Å². The highest BCUT2D eigenvalue weighted by Crippen LogP contribution is 2.21. The second-order valence-electron chi connectivity index (χ2n) is 5.03. The van der Waals surface area contributed by atoms with Crippen LogP contribution in [0.3, 0.4) is 0 Å². The molecule has 0 heterocycles. The summed E-state index contributed by atoms with van der Waals surface area (Å²) in [7, 11) is 0. The van der Waals surface area contributed by atoms with E-state index in [0.717, 1.165) is 18.5 Å². The molecular formula is C17H20N2O3. The average molecular weight is 300 g/mol. The van der Waals surface area contributed by atoms with Gasteiger partial charge < -0.3 is 21.3 Å². The molecule has 2 aromatic carbocycles. The van der Waals surface area contributed by atoms with Gasteiger partial charge in [0.05, 0.1) is 5.56 Å². The van der Waals surface area contributed by atoms with Gasteiger partial charge in [0.2, 0.25) is 0 Å². The monoisotopic (exact) mass is 300 g/mol. The molecule has 2 aromatic rings. The third-order valence-corrected chi connectivity index (χ3v) is 3.41. The zero-order valence-electron chi connectivity index (χ0n) is 12.2. The van der Waals surface area contributed by atoms with Crippen LogP contribution in [0.4, 0.5) is 5.69 Å². The lowest BCUT2D eigenvalue weighted by Gasteiger charge is -2.16. The van der Waals surface area contributed by atoms with Gasteiger partial charge in [-0.2, -0.15) is 0 Å². The maximum absolute atomic E-state index is 11.2. The van der Waals surface area contributed by atoms with Gasteiger partial charge in [-0.05, 0) is 43.1 Å². The van der Waals surface area contributed by atoms with Gasteiger partial charge in [0.15, 0.2) is 6.23 Å². The standard InChI is InChI=1S/C17H20N2O3/c18-11-3-4-12-7-9-13(10-8-12)19-16(20)14-5-1-2-6-15(14)17(21)22/h1-2,5-10,16,19-20H,3-4,11,18H2,(H,21,22). The Labute approximate surface area is 129 Å². The fraction of sp³-hybridized carbons (Fsp3) is 0.235. The molecule has 116 valence electrons. The van der Waals surface area contributed by atoms with Crippen molar-refractivity contribution in [3.05, 3.63) is 65.2 Å². The first-order valence-corrected chi connectivity index (χ1v) is 7.17. The predicted molar refractivity (Wildman–Crippen MR) is 85.8 cm³/mol. The Bertz CT molecular complexity index is 626. The normalized spacial score (nSPS) is 11.9. The van der Waals surface area contributed by atoms with E-state index in [-0.39, 0.29) is 5.56 Å². The number of aliphatic hydroxyl groups is 1. The van der Waals surface area contributed by atoms with Crippen LogP contribution in [0.2, 0.25) is 0 Å². The quantitative estimate of drug-likeness (QED) is 0.589. The number of nitrogens with one attached hydrogen (secondary N) is 1. The summed E-state index contributed by atoms with van der Waals surface area (Å²) in [6.07, 6.45) is 0.768. The third-order valence-electron chi connectivity index (χ3n) is 3.41. The number of benzene rings is 2. The Morgan fingerprint density at radius 1 is 1.14 bits per heavy atom. The van der Waals surface area contributed by atoms with Gasteiger partial charge in [-0.1, -0.05) is 30.3 Å². The highest BCUT2D eigenvalue weighted by Gasteiger charge is 2.16. The highest BCUT2D eigenvalue weighted by molar-refractivity contribution is 5.89. The van der Waals surface area contributed by atoms with Crippen molar-refractivity contribution in [1.82, 2.24) is 0 Å². The zero-order valence-corrected chi connectivity index (χ0v) is 12.2. The number of hydrogen-bond acceptors (Lipinski definition) is 4. The summed E-state index contributed by atoms with van der Waals surface area (Å²) in [5.74, 6) is -1.06. The molecule has 0 aliphatic heterocycles. The topological polar surface area (TPSA) is 95.6 Å². The second-order valence-corrected chi connectivity index (χ2v) is 5.03. The number of carboxylic acid groups (broad SMARTS) is 1. The lowest BCUT2D eigenvalue weighted by atomic mass is 10.1. The number of nitrogens with two attached hydrogens (primary N) is 1. The van der Waals surface area contributed by atoms with Crippen molar-refractivity contribution in [2.75, 3.05) is 11.9 Å². The molecule has 0 bridgehead atoms. The first-order valence-electron chi connectivity index (χ1n) is 7.17. The minimum atomic E-state index is -1.08. The van der Waals surface area contributed by atoms with E-state index in [4.69, 9.17) is 10.8 Å². The minimum Gasteiger partial charge on any atom is -0.478 e. The number of carboxylic acids is 1. The largest absolute Gasteiger partial charge is 0.478 e. The molecular weight excluding hydrogens is 280 g/mol. The summed E-state index contributed by atoms with van der Waals surface area (Å²) in [5.41, 5.74) is 7.81. The van der Waals surface area contributed by atoms with Crippen molar-refractivity contribution < 1.29 is 15.0 Å². The zero-order chi connectivity index (χ0) is 15.9. The smallest absolute Gasteiger partial charge is 0.336 e. The Morgan fingerprint density at radius 3 is 2.45 bits per heavy atom. The van der Waals surface area contributed by atoms with E-state index in [0.29, 0.717) is 12.1 Å². The van der Waals surface area contributed by atoms with E-state index in [1.165, 1.54) is 11.6 Å². The number of anilines is 1. The molecule has 0 aliphatic rings. The molecule has 1 atom stereocenters. The van der Waals surface area contributed by atoms with E-state index in [1.54, 1.807) is 18.2 Å². The van der Waals surface area contributed by atoms with Crippen molar-refractivity contribution in [2.24, 2.45) is 5.73 Å². The third kappa shape index (κ3) is 4.07. The molecule has 0 saturated carbocycles. The maximum Gasteiger partial charge on any atom is 0.336 e. The second kappa shape index (κ2) is 7.59. The lowest BCUT2D eigenvalue weighted by molar-refractivity contribution is 0.0690. The summed E-state index contributed by atoms with van der Waals surface area (Å²) < 4.78 is 0. The van der Waals surface area contributed by atoms with Crippen LogP contribution in [0.15, 0.2) is 48.5 Å². The number of aryl methyl sites for hydroxylation is 1. The Kier molecular flexibility index (Phi) is 5.52. The molecule has 0 saturated heterocycles. The van der Waals surface area contributed by atoms with E-state index >= 15 is 0 Å². The van der Waals surface area contributed by atoms with E-state index in [2.05, 4.69) is 5.32 Å². The summed E-state index contributed by atoms with van der Waals surface area (Å²) in [4.78, 5) is 11.2. The predicted octanol–water partition coefficient (Wildman–Crippen LogP) is 2.38. The van der Waals surface area contributed by atoms with Crippen LogP contribution in [0, 0.1) is 0 Å². The fourth-order valence-corrected chi connectivity index (χ4v) is 2.24. The highest BCUT2D eigenvalue weighted by atomic mass is 16.4. The van der Waals surface area contributed by atoms with Crippen molar-refractivity contribution >= 4 is 11.7 Å². The van der Waals surface area contributed by atoms with Crippen LogP contribution in [0.25, 0.3) is 0 Å². The summed E-state index contributed by atoms with van der Waals surface area (Å²) in [6.45, 7) is 0.657. The molecule has 0 amide bonds. The van der Waals surface area contributed by atoms with Crippen LogP contribution >= 0.6 is 0 Å². The first-order chi connectivity index (χ1) is 10.6. The Morgan fingerprint density at radius 2 is 1.82 bits per heavy atom. The molecule has 22 heavy (non-hydrogen) atoms. The molecule has 0 aliphatic carbocycles. The first kappa shape index (κ1) is 16.0. The van der Waals surface area contributed by atoms with Gasteiger partial charge in [0.25, 0.3) is 0 Å². The van der Waals surface area contributed by atoms with Gasteiger partial charge in [0, 0.05) is 11.3 Å². The number of rotatable bonds is 7. The van der Waals surface area contributed by atoms with E-state index in [9.17, 15) is 9.90 Å². The molecule has 5 N–H and O–H groups in total. The minimum absolute atomic E-state index is 0.0852. The van der Waals surface area contributed by atoms with Crippen LogP contribution in [-0.4, -0.2) is 22.7 Å². The molecule has 5 heteroatoms. The van der Waals surface area contributed by atoms with Gasteiger partial charge in [-0.3, -0.25) is 0 Å². The molecule has 0 radical (unpaired) electrons. The Hall–Kier alpha value is -2.37. The summed E-state index contributed by atoms with van der Waals surface area (Å²) in [6, 6.07) is 14.0. The van der Waals surface area contributed by atoms with Crippen LogP contribution in [0.5, 0.6) is 0 Å². The molecule has 1 unspecified atom stereocenters. The molecule has 5 nitrogen and oxygen atoms in total. The van der Waals surface area contributed by atoms with E-state index in [1.807, 2.05) is 24.3 Å². The number of aromatic carboxylic acids is 1. The van der Waals surface area contributed by atoms with Gasteiger partial charge >= 0.3 is 5.97 Å². The average Bonchev–Trinajstić information content (AvgIpc) is 2.54. The maximum atomic E-state index is 11.2.